The molecule has 0 unspecified atom stereocenters. The van der Waals surface area contributed by atoms with Crippen LogP contribution in [0.4, 0.5) is 5.82 Å². The molecule has 0 atom stereocenters. The molecule has 1 aromatic rings. The van der Waals surface area contributed by atoms with E-state index in [1.165, 1.54) is 0 Å². The van der Waals surface area contributed by atoms with Crippen LogP contribution in [0.1, 0.15) is 11.3 Å². The molecule has 0 amide bonds. The number of aliphatic hydroxyl groups excluding tert-OH is 1. The lowest BCUT2D eigenvalue weighted by Gasteiger charge is -2.25. The lowest BCUT2D eigenvalue weighted by atomic mass is 10.0. The van der Waals surface area contributed by atoms with Crippen molar-refractivity contribution in [1.29, 1.82) is 5.26 Å². The average molecular weight is 201 g/mol. The summed E-state index contributed by atoms with van der Waals surface area (Å²) in [6.45, 7) is 2.31. The van der Waals surface area contributed by atoms with Gasteiger partial charge in [-0.25, -0.2) is 4.98 Å². The fourth-order valence-electron chi connectivity index (χ4n) is 1.66. The van der Waals surface area contributed by atoms with Gasteiger partial charge in [-0.1, -0.05) is 0 Å². The Morgan fingerprint density at radius 3 is 2.93 bits per heavy atom. The van der Waals surface area contributed by atoms with Gasteiger partial charge >= 0.3 is 0 Å². The van der Waals surface area contributed by atoms with Crippen LogP contribution < -0.4 is 4.90 Å². The number of aliphatic hydroxyl groups is 1. The molecule has 0 bridgehead atoms. The first-order valence-corrected chi connectivity index (χ1v) is 4.65. The van der Waals surface area contributed by atoms with Gasteiger partial charge in [-0.05, 0) is 19.1 Å². The zero-order valence-electron chi connectivity index (χ0n) is 8.65. The van der Waals surface area contributed by atoms with Gasteiger partial charge in [0.2, 0.25) is 0 Å². The molecule has 0 radical (unpaired) electrons. The zero-order chi connectivity index (χ0) is 11.0. The summed E-state index contributed by atoms with van der Waals surface area (Å²) in [5, 5.41) is 18.7. The van der Waals surface area contributed by atoms with E-state index >= 15 is 0 Å². The van der Waals surface area contributed by atoms with Crippen LogP contribution in [0, 0.1) is 18.3 Å². The molecule has 1 aliphatic rings. The van der Waals surface area contributed by atoms with Crippen molar-refractivity contribution in [1.82, 2.24) is 4.98 Å². The average Bonchev–Trinajstić information content (AvgIpc) is 2.23. The first kappa shape index (κ1) is 9.53. The van der Waals surface area contributed by atoms with Crippen molar-refractivity contribution in [2.24, 2.45) is 0 Å². The molecule has 2 rings (SSSR count). The molecule has 0 fully saturated rings. The van der Waals surface area contributed by atoms with Gasteiger partial charge in [0.25, 0.3) is 0 Å². The molecule has 0 spiro atoms. The zero-order valence-corrected chi connectivity index (χ0v) is 8.65. The number of aromatic nitrogens is 1. The van der Waals surface area contributed by atoms with E-state index in [-0.39, 0.29) is 5.76 Å². The van der Waals surface area contributed by atoms with Crippen molar-refractivity contribution >= 4 is 11.6 Å². The highest BCUT2D eigenvalue weighted by Gasteiger charge is 2.22. The summed E-state index contributed by atoms with van der Waals surface area (Å²) in [6.07, 6.45) is 0. The van der Waals surface area contributed by atoms with E-state index in [4.69, 9.17) is 5.26 Å². The van der Waals surface area contributed by atoms with Gasteiger partial charge in [-0.15, -0.1) is 0 Å². The maximum Gasteiger partial charge on any atom is 0.142 e. The first-order chi connectivity index (χ1) is 7.13. The minimum atomic E-state index is 0.0538. The summed E-state index contributed by atoms with van der Waals surface area (Å²) in [4.78, 5) is 6.20. The highest BCUT2D eigenvalue weighted by molar-refractivity contribution is 5.78. The molecule has 76 valence electrons. The number of nitriles is 1. The Morgan fingerprint density at radius 1 is 1.53 bits per heavy atom. The van der Waals surface area contributed by atoms with E-state index in [0.717, 1.165) is 11.5 Å². The van der Waals surface area contributed by atoms with E-state index in [9.17, 15) is 5.11 Å². The van der Waals surface area contributed by atoms with Crippen molar-refractivity contribution in [2.75, 3.05) is 18.5 Å². The molecular weight excluding hydrogens is 190 g/mol. The van der Waals surface area contributed by atoms with E-state index in [0.29, 0.717) is 17.7 Å². The second kappa shape index (κ2) is 3.28. The van der Waals surface area contributed by atoms with Crippen LogP contribution in [0.2, 0.25) is 0 Å². The Hall–Kier alpha value is -2.02. The summed E-state index contributed by atoms with van der Waals surface area (Å²) < 4.78 is 0. The molecule has 2 heterocycles. The van der Waals surface area contributed by atoms with Crippen molar-refractivity contribution < 1.29 is 5.11 Å². The third kappa shape index (κ3) is 1.42. The minimum absolute atomic E-state index is 0.0538. The maximum atomic E-state index is 9.82. The second-order valence-corrected chi connectivity index (χ2v) is 3.62. The highest BCUT2D eigenvalue weighted by atomic mass is 16.3. The van der Waals surface area contributed by atoms with Crippen LogP contribution in [0.5, 0.6) is 0 Å². The molecule has 0 saturated heterocycles. The molecule has 0 aromatic carbocycles. The van der Waals surface area contributed by atoms with Gasteiger partial charge in [0, 0.05) is 12.7 Å². The predicted molar refractivity (Wildman–Crippen MR) is 57.4 cm³/mol. The van der Waals surface area contributed by atoms with E-state index < -0.39 is 0 Å². The summed E-state index contributed by atoms with van der Waals surface area (Å²) in [7, 11) is 1.86. The Bertz CT molecular complexity index is 485. The number of rotatable bonds is 0. The molecule has 4 nitrogen and oxygen atoms in total. The fraction of sp³-hybridized carbons (Fsp3) is 0.273. The van der Waals surface area contributed by atoms with E-state index in [1.807, 2.05) is 31.0 Å². The number of nitrogens with zero attached hydrogens (tertiary/aromatic N) is 3. The van der Waals surface area contributed by atoms with Gasteiger partial charge in [0.15, 0.2) is 0 Å². The number of likely N-dealkylation sites (N-methyl/N-ethyl adjacent to an activating group) is 1. The topological polar surface area (TPSA) is 60.2 Å². The van der Waals surface area contributed by atoms with Crippen LogP contribution in [0.3, 0.4) is 0 Å². The number of fused-ring (bicyclic) bond motifs is 1. The number of anilines is 1. The van der Waals surface area contributed by atoms with Crippen LogP contribution in [0.25, 0.3) is 5.76 Å². The molecular formula is C11H11N3O. The first-order valence-electron chi connectivity index (χ1n) is 4.65. The van der Waals surface area contributed by atoms with Crippen molar-refractivity contribution in [2.45, 2.75) is 6.92 Å². The standard InChI is InChI=1S/C11H11N3O/c1-7-3-4-9-10(15)8(5-12)6-14(2)11(9)13-7/h3-4,15H,6H2,1-2H3. The Kier molecular flexibility index (Phi) is 2.09. The van der Waals surface area contributed by atoms with Gasteiger partial charge in [-0.3, -0.25) is 0 Å². The normalized spacial score (nSPS) is 14.9. The van der Waals surface area contributed by atoms with Gasteiger partial charge in [0.05, 0.1) is 17.7 Å². The number of hydrogen-bond donors (Lipinski definition) is 1. The quantitative estimate of drug-likeness (QED) is 0.693. The Morgan fingerprint density at radius 2 is 2.27 bits per heavy atom. The maximum absolute atomic E-state index is 9.82. The van der Waals surface area contributed by atoms with Crippen molar-refractivity contribution in [3.8, 4) is 6.07 Å². The lowest BCUT2D eigenvalue weighted by molar-refractivity contribution is 0.504. The Labute approximate surface area is 88.1 Å². The van der Waals surface area contributed by atoms with Crippen molar-refractivity contribution in [3.05, 3.63) is 29.0 Å². The van der Waals surface area contributed by atoms with Gasteiger partial charge in [0.1, 0.15) is 17.6 Å². The van der Waals surface area contributed by atoms with Crippen LogP contribution in [0.15, 0.2) is 17.7 Å². The second-order valence-electron chi connectivity index (χ2n) is 3.62. The summed E-state index contributed by atoms with van der Waals surface area (Å²) in [5.41, 5.74) is 1.91. The number of aryl methyl sites for hydroxylation is 1. The third-order valence-corrected chi connectivity index (χ3v) is 2.45. The predicted octanol–water partition coefficient (Wildman–Crippen LogP) is 1.63. The molecule has 0 saturated carbocycles. The van der Waals surface area contributed by atoms with Crippen LogP contribution in [-0.4, -0.2) is 23.7 Å². The summed E-state index contributed by atoms with van der Waals surface area (Å²) in [5.74, 6) is 0.782. The molecule has 0 aliphatic carbocycles. The molecule has 1 aliphatic heterocycles. The molecule has 4 heteroatoms. The van der Waals surface area contributed by atoms with Crippen LogP contribution in [-0.2, 0) is 0 Å². The van der Waals surface area contributed by atoms with Crippen molar-refractivity contribution in [3.63, 3.8) is 0 Å². The Balaban J connectivity index is 2.65. The van der Waals surface area contributed by atoms with Crippen LogP contribution >= 0.6 is 0 Å². The minimum Gasteiger partial charge on any atom is -0.506 e. The van der Waals surface area contributed by atoms with Gasteiger partial charge < -0.3 is 10.0 Å². The largest absolute Gasteiger partial charge is 0.506 e. The lowest BCUT2D eigenvalue weighted by Crippen LogP contribution is -2.26. The monoisotopic (exact) mass is 201 g/mol. The molecule has 15 heavy (non-hydrogen) atoms. The summed E-state index contributed by atoms with van der Waals surface area (Å²) >= 11 is 0. The number of pyridine rings is 1. The smallest absolute Gasteiger partial charge is 0.142 e. The van der Waals surface area contributed by atoms with E-state index in [1.54, 1.807) is 6.07 Å². The highest BCUT2D eigenvalue weighted by Crippen LogP contribution is 2.30. The SMILES string of the molecule is Cc1ccc2c(n1)N(C)CC(C#N)=C2O. The third-order valence-electron chi connectivity index (χ3n) is 2.45. The molecule has 1 N–H and O–H groups in total. The molecule has 1 aromatic heterocycles. The summed E-state index contributed by atoms with van der Waals surface area (Å²) in [6, 6.07) is 5.61. The number of hydrogen-bond acceptors (Lipinski definition) is 4. The van der Waals surface area contributed by atoms with Gasteiger partial charge in [-0.2, -0.15) is 5.26 Å². The van der Waals surface area contributed by atoms with E-state index in [2.05, 4.69) is 4.98 Å². The fourth-order valence-corrected chi connectivity index (χ4v) is 1.66.